The van der Waals surface area contributed by atoms with Gasteiger partial charge in [0.2, 0.25) is 0 Å². The Morgan fingerprint density at radius 1 is 1.10 bits per heavy atom. The Morgan fingerprint density at radius 2 is 1.71 bits per heavy atom. The molecule has 1 saturated carbocycles. The Labute approximate surface area is 127 Å². The third kappa shape index (κ3) is 5.22. The Bertz CT molecular complexity index is 415. The SMILES string of the molecule is O[C@@H]([C@@H](CC1CCCCC1)Sc1ccccc1)C(F)(F)F. The van der Waals surface area contributed by atoms with Gasteiger partial charge in [-0.25, -0.2) is 0 Å². The maximum atomic E-state index is 12.9. The first kappa shape index (κ1) is 16.7. The second kappa shape index (κ2) is 7.54. The average Bonchev–Trinajstić information content (AvgIpc) is 2.47. The first-order chi connectivity index (χ1) is 9.97. The molecule has 0 amide bonds. The molecule has 118 valence electrons. The molecule has 0 unspecified atom stereocenters. The second-order valence-corrected chi connectivity index (χ2v) is 7.01. The monoisotopic (exact) mass is 318 g/mol. The molecule has 0 bridgehead atoms. The first-order valence-corrected chi connectivity index (χ1v) is 8.31. The van der Waals surface area contributed by atoms with E-state index in [4.69, 9.17) is 0 Å². The van der Waals surface area contributed by atoms with Crippen molar-refractivity contribution in [1.82, 2.24) is 0 Å². The van der Waals surface area contributed by atoms with Gasteiger partial charge in [-0.1, -0.05) is 50.3 Å². The molecule has 0 heterocycles. The summed E-state index contributed by atoms with van der Waals surface area (Å²) in [5.41, 5.74) is 0. The topological polar surface area (TPSA) is 20.2 Å². The summed E-state index contributed by atoms with van der Waals surface area (Å²) in [6.45, 7) is 0. The number of hydrogen-bond donors (Lipinski definition) is 1. The lowest BCUT2D eigenvalue weighted by Crippen LogP contribution is -2.39. The molecule has 21 heavy (non-hydrogen) atoms. The summed E-state index contributed by atoms with van der Waals surface area (Å²) >= 11 is 1.15. The van der Waals surface area contributed by atoms with Gasteiger partial charge in [-0.2, -0.15) is 13.2 Å². The first-order valence-electron chi connectivity index (χ1n) is 7.43. The summed E-state index contributed by atoms with van der Waals surface area (Å²) in [4.78, 5) is 0.779. The number of benzene rings is 1. The molecule has 1 aliphatic carbocycles. The van der Waals surface area contributed by atoms with E-state index >= 15 is 0 Å². The van der Waals surface area contributed by atoms with Crippen LogP contribution >= 0.6 is 11.8 Å². The van der Waals surface area contributed by atoms with Crippen LogP contribution in [-0.2, 0) is 0 Å². The number of alkyl halides is 3. The molecule has 1 fully saturated rings. The molecule has 1 nitrogen and oxygen atoms in total. The van der Waals surface area contributed by atoms with Crippen LogP contribution in [0, 0.1) is 5.92 Å². The zero-order chi connectivity index (χ0) is 15.3. The predicted molar refractivity (Wildman–Crippen MR) is 79.3 cm³/mol. The Morgan fingerprint density at radius 3 is 2.29 bits per heavy atom. The molecule has 2 rings (SSSR count). The summed E-state index contributed by atoms with van der Waals surface area (Å²) in [5.74, 6) is 0.303. The number of aliphatic hydroxyl groups is 1. The van der Waals surface area contributed by atoms with Crippen molar-refractivity contribution in [3.8, 4) is 0 Å². The summed E-state index contributed by atoms with van der Waals surface area (Å²) in [6.07, 6.45) is -1.06. The smallest absolute Gasteiger partial charge is 0.383 e. The van der Waals surface area contributed by atoms with Gasteiger partial charge in [0.05, 0.1) is 0 Å². The highest BCUT2D eigenvalue weighted by atomic mass is 32.2. The van der Waals surface area contributed by atoms with Crippen molar-refractivity contribution in [2.75, 3.05) is 0 Å². The molecule has 1 aromatic carbocycles. The van der Waals surface area contributed by atoms with Crippen LogP contribution in [0.2, 0.25) is 0 Å². The van der Waals surface area contributed by atoms with Crippen LogP contribution in [0.4, 0.5) is 13.2 Å². The highest BCUT2D eigenvalue weighted by Gasteiger charge is 2.44. The van der Waals surface area contributed by atoms with Gasteiger partial charge < -0.3 is 5.11 Å². The summed E-state index contributed by atoms with van der Waals surface area (Å²) < 4.78 is 38.7. The summed E-state index contributed by atoms with van der Waals surface area (Å²) in [6, 6.07) is 9.03. The third-order valence-electron chi connectivity index (χ3n) is 4.01. The molecule has 0 aliphatic heterocycles. The van der Waals surface area contributed by atoms with Gasteiger partial charge in [-0.05, 0) is 24.5 Å². The summed E-state index contributed by atoms with van der Waals surface area (Å²) in [7, 11) is 0. The number of halogens is 3. The van der Waals surface area contributed by atoms with Crippen molar-refractivity contribution < 1.29 is 18.3 Å². The molecule has 0 saturated heterocycles. The molecular formula is C16H21F3OS. The number of thioether (sulfide) groups is 1. The molecule has 1 aromatic rings. The molecule has 1 N–H and O–H groups in total. The maximum Gasteiger partial charge on any atom is 0.415 e. The van der Waals surface area contributed by atoms with Crippen LogP contribution in [0.3, 0.4) is 0 Å². The molecule has 0 radical (unpaired) electrons. The van der Waals surface area contributed by atoms with Crippen LogP contribution < -0.4 is 0 Å². The maximum absolute atomic E-state index is 12.9. The molecule has 0 aromatic heterocycles. The molecule has 5 heteroatoms. The van der Waals surface area contributed by atoms with E-state index in [1.807, 2.05) is 6.07 Å². The quantitative estimate of drug-likeness (QED) is 0.767. The minimum Gasteiger partial charge on any atom is -0.383 e. The fraction of sp³-hybridized carbons (Fsp3) is 0.625. The van der Waals surface area contributed by atoms with Crippen LogP contribution in [0.5, 0.6) is 0 Å². The minimum absolute atomic E-state index is 0.303. The van der Waals surface area contributed by atoms with Crippen LogP contribution in [0.25, 0.3) is 0 Å². The van der Waals surface area contributed by atoms with E-state index in [1.165, 1.54) is 6.42 Å². The van der Waals surface area contributed by atoms with E-state index in [0.717, 1.165) is 42.3 Å². The average molecular weight is 318 g/mol. The van der Waals surface area contributed by atoms with E-state index < -0.39 is 17.5 Å². The molecular weight excluding hydrogens is 297 g/mol. The largest absolute Gasteiger partial charge is 0.415 e. The normalized spacial score (nSPS) is 20.2. The van der Waals surface area contributed by atoms with Crippen LogP contribution in [0.1, 0.15) is 38.5 Å². The zero-order valence-electron chi connectivity index (χ0n) is 11.9. The van der Waals surface area contributed by atoms with E-state index in [9.17, 15) is 18.3 Å². The van der Waals surface area contributed by atoms with Gasteiger partial charge in [0.25, 0.3) is 0 Å². The molecule has 2 atom stereocenters. The summed E-state index contributed by atoms with van der Waals surface area (Å²) in [5, 5.41) is 8.87. The lowest BCUT2D eigenvalue weighted by atomic mass is 9.85. The van der Waals surface area contributed by atoms with E-state index in [-0.39, 0.29) is 0 Å². The van der Waals surface area contributed by atoms with Crippen LogP contribution in [-0.4, -0.2) is 22.6 Å². The van der Waals surface area contributed by atoms with Gasteiger partial charge in [-0.15, -0.1) is 11.8 Å². The molecule has 1 aliphatic rings. The Kier molecular flexibility index (Phi) is 5.99. The van der Waals surface area contributed by atoms with Gasteiger partial charge in [0.1, 0.15) is 0 Å². The lowest BCUT2D eigenvalue weighted by molar-refractivity contribution is -0.204. The van der Waals surface area contributed by atoms with Gasteiger partial charge in [0.15, 0.2) is 6.10 Å². The lowest BCUT2D eigenvalue weighted by Gasteiger charge is -2.30. The molecule has 0 spiro atoms. The second-order valence-electron chi connectivity index (χ2n) is 5.70. The van der Waals surface area contributed by atoms with Gasteiger partial charge in [-0.3, -0.25) is 0 Å². The number of aliphatic hydroxyl groups excluding tert-OH is 1. The predicted octanol–water partition coefficient (Wildman–Crippen LogP) is 5.04. The van der Waals surface area contributed by atoms with Gasteiger partial charge >= 0.3 is 6.18 Å². The third-order valence-corrected chi connectivity index (χ3v) is 5.31. The Hall–Kier alpha value is -0.680. The number of rotatable bonds is 5. The van der Waals surface area contributed by atoms with Crippen molar-refractivity contribution in [3.63, 3.8) is 0 Å². The number of hydrogen-bond acceptors (Lipinski definition) is 2. The van der Waals surface area contributed by atoms with E-state index in [0.29, 0.717) is 12.3 Å². The van der Waals surface area contributed by atoms with E-state index in [2.05, 4.69) is 0 Å². The van der Waals surface area contributed by atoms with Crippen molar-refractivity contribution in [2.45, 2.75) is 61.0 Å². The van der Waals surface area contributed by atoms with Crippen molar-refractivity contribution in [1.29, 1.82) is 0 Å². The zero-order valence-corrected chi connectivity index (χ0v) is 12.7. The highest BCUT2D eigenvalue weighted by Crippen LogP contribution is 2.39. The standard InChI is InChI=1S/C16H21F3OS/c17-16(18,19)15(20)14(11-12-7-3-1-4-8-12)21-13-9-5-2-6-10-13/h2,5-6,9-10,12,14-15,20H,1,3-4,7-8,11H2/t14-,15+/m1/s1. The van der Waals surface area contributed by atoms with Crippen molar-refractivity contribution in [2.24, 2.45) is 5.92 Å². The minimum atomic E-state index is -4.55. The van der Waals surface area contributed by atoms with Crippen molar-refractivity contribution in [3.05, 3.63) is 30.3 Å². The highest BCUT2D eigenvalue weighted by molar-refractivity contribution is 8.00. The van der Waals surface area contributed by atoms with Crippen LogP contribution in [0.15, 0.2) is 35.2 Å². The fourth-order valence-corrected chi connectivity index (χ4v) is 4.19. The fourth-order valence-electron chi connectivity index (χ4n) is 2.88. The van der Waals surface area contributed by atoms with E-state index in [1.54, 1.807) is 24.3 Å². The Balaban J connectivity index is 2.05. The van der Waals surface area contributed by atoms with Gasteiger partial charge in [0, 0.05) is 10.1 Å². The van der Waals surface area contributed by atoms with Crippen molar-refractivity contribution >= 4 is 11.8 Å².